The van der Waals surface area contributed by atoms with Crippen molar-refractivity contribution in [3.63, 3.8) is 0 Å². The van der Waals surface area contributed by atoms with Crippen molar-refractivity contribution in [2.75, 3.05) is 32.5 Å². The van der Waals surface area contributed by atoms with Crippen LogP contribution in [0, 0.1) is 5.92 Å². The van der Waals surface area contributed by atoms with E-state index >= 15 is 0 Å². The third kappa shape index (κ3) is 3.61. The smallest absolute Gasteiger partial charge is 0.251 e. The lowest BCUT2D eigenvalue weighted by molar-refractivity contribution is 0.0944. The van der Waals surface area contributed by atoms with Crippen molar-refractivity contribution in [1.29, 1.82) is 0 Å². The van der Waals surface area contributed by atoms with Crippen molar-refractivity contribution in [1.82, 2.24) is 10.6 Å². The number of nitrogens with one attached hydrogen (secondary N) is 2. The Kier molecular flexibility index (Phi) is 4.63. The summed E-state index contributed by atoms with van der Waals surface area (Å²) >= 11 is 0. The van der Waals surface area contributed by atoms with Crippen molar-refractivity contribution in [2.24, 2.45) is 5.92 Å². The van der Waals surface area contributed by atoms with Gasteiger partial charge in [-0.25, -0.2) is 0 Å². The van der Waals surface area contributed by atoms with Crippen LogP contribution in [0.25, 0.3) is 0 Å². The van der Waals surface area contributed by atoms with E-state index in [1.807, 2.05) is 0 Å². The van der Waals surface area contributed by atoms with Gasteiger partial charge in [0.25, 0.3) is 5.91 Å². The van der Waals surface area contributed by atoms with Crippen LogP contribution in [0.4, 0.5) is 5.69 Å². The summed E-state index contributed by atoms with van der Waals surface area (Å²) in [5, 5.41) is 6.30. The van der Waals surface area contributed by atoms with E-state index in [1.54, 1.807) is 25.3 Å². The van der Waals surface area contributed by atoms with E-state index < -0.39 is 0 Å². The topological polar surface area (TPSA) is 76.4 Å². The van der Waals surface area contributed by atoms with Gasteiger partial charge in [-0.1, -0.05) is 0 Å². The van der Waals surface area contributed by atoms with E-state index in [4.69, 9.17) is 10.5 Å². The molecule has 2 rings (SSSR count). The van der Waals surface area contributed by atoms with E-state index in [0.29, 0.717) is 29.5 Å². The molecule has 1 fully saturated rings. The fraction of sp³-hybridized carbons (Fsp3) is 0.500. The third-order valence-corrected chi connectivity index (χ3v) is 3.45. The number of methoxy groups -OCH3 is 1. The molecule has 19 heavy (non-hydrogen) atoms. The number of carbonyl (C=O) groups excluding carboxylic acids is 1. The number of carbonyl (C=O) groups is 1. The maximum atomic E-state index is 12.0. The Morgan fingerprint density at radius 3 is 3.11 bits per heavy atom. The molecule has 1 atom stereocenters. The SMILES string of the molecule is COc1cc(C(=O)NC[C@H]2CCCNC2)ccc1N. The second-order valence-corrected chi connectivity index (χ2v) is 4.88. The summed E-state index contributed by atoms with van der Waals surface area (Å²) in [6.45, 7) is 2.77. The maximum absolute atomic E-state index is 12.0. The number of nitrogen functional groups attached to an aromatic ring is 1. The van der Waals surface area contributed by atoms with Gasteiger partial charge in [-0.15, -0.1) is 0 Å². The molecule has 5 heteroatoms. The summed E-state index contributed by atoms with van der Waals surface area (Å²) in [6.07, 6.45) is 2.34. The lowest BCUT2D eigenvalue weighted by Gasteiger charge is -2.22. The summed E-state index contributed by atoms with van der Waals surface area (Å²) in [4.78, 5) is 12.0. The quantitative estimate of drug-likeness (QED) is 0.709. The first-order valence-corrected chi connectivity index (χ1v) is 6.63. The molecule has 0 unspecified atom stereocenters. The highest BCUT2D eigenvalue weighted by Gasteiger charge is 2.15. The monoisotopic (exact) mass is 263 g/mol. The zero-order chi connectivity index (χ0) is 13.7. The van der Waals surface area contributed by atoms with Gasteiger partial charge in [0.2, 0.25) is 0 Å². The number of anilines is 1. The molecule has 5 nitrogen and oxygen atoms in total. The van der Waals surface area contributed by atoms with Crippen molar-refractivity contribution in [2.45, 2.75) is 12.8 Å². The molecular weight excluding hydrogens is 242 g/mol. The molecule has 1 heterocycles. The molecule has 0 spiro atoms. The summed E-state index contributed by atoms with van der Waals surface area (Å²) < 4.78 is 5.12. The largest absolute Gasteiger partial charge is 0.495 e. The summed E-state index contributed by atoms with van der Waals surface area (Å²) in [5.41, 5.74) is 6.84. The Bertz CT molecular complexity index is 442. The van der Waals surface area contributed by atoms with E-state index in [-0.39, 0.29) is 5.91 Å². The first-order valence-electron chi connectivity index (χ1n) is 6.63. The average molecular weight is 263 g/mol. The molecule has 1 aromatic carbocycles. The van der Waals surface area contributed by atoms with Gasteiger partial charge in [-0.3, -0.25) is 4.79 Å². The van der Waals surface area contributed by atoms with E-state index in [0.717, 1.165) is 13.1 Å². The van der Waals surface area contributed by atoms with Gasteiger partial charge in [-0.05, 0) is 50.0 Å². The van der Waals surface area contributed by atoms with Crippen LogP contribution in [-0.2, 0) is 0 Å². The van der Waals surface area contributed by atoms with Gasteiger partial charge in [0.05, 0.1) is 12.8 Å². The molecular formula is C14H21N3O2. The minimum absolute atomic E-state index is 0.0797. The average Bonchev–Trinajstić information content (AvgIpc) is 2.46. The normalized spacial score (nSPS) is 18.9. The summed E-state index contributed by atoms with van der Waals surface area (Å²) in [7, 11) is 1.54. The molecule has 1 aliphatic rings. The maximum Gasteiger partial charge on any atom is 0.251 e. The van der Waals surface area contributed by atoms with Crippen LogP contribution in [0.1, 0.15) is 23.2 Å². The third-order valence-electron chi connectivity index (χ3n) is 3.45. The van der Waals surface area contributed by atoms with Crippen molar-refractivity contribution in [3.05, 3.63) is 23.8 Å². The fourth-order valence-corrected chi connectivity index (χ4v) is 2.29. The van der Waals surface area contributed by atoms with Crippen LogP contribution in [0.5, 0.6) is 5.75 Å². The number of rotatable bonds is 4. The first-order chi connectivity index (χ1) is 9.20. The van der Waals surface area contributed by atoms with Gasteiger partial charge >= 0.3 is 0 Å². The molecule has 1 amide bonds. The van der Waals surface area contributed by atoms with Gasteiger partial charge in [-0.2, -0.15) is 0 Å². The minimum atomic E-state index is -0.0797. The van der Waals surface area contributed by atoms with Crippen LogP contribution < -0.4 is 21.1 Å². The zero-order valence-electron chi connectivity index (χ0n) is 11.2. The second-order valence-electron chi connectivity index (χ2n) is 4.88. The number of ether oxygens (including phenoxy) is 1. The molecule has 0 saturated carbocycles. The standard InChI is InChI=1S/C14H21N3O2/c1-19-13-7-11(4-5-12(13)15)14(18)17-9-10-3-2-6-16-8-10/h4-5,7,10,16H,2-3,6,8-9,15H2,1H3,(H,17,18)/t10-/m0/s1. The van der Waals surface area contributed by atoms with Crippen molar-refractivity contribution >= 4 is 11.6 Å². The Balaban J connectivity index is 1.92. The fourth-order valence-electron chi connectivity index (χ4n) is 2.29. The Hall–Kier alpha value is -1.75. The summed E-state index contributed by atoms with van der Waals surface area (Å²) in [5.74, 6) is 0.976. The highest BCUT2D eigenvalue weighted by atomic mass is 16.5. The van der Waals surface area contributed by atoms with Crippen LogP contribution >= 0.6 is 0 Å². The predicted molar refractivity (Wildman–Crippen MR) is 75.3 cm³/mol. The van der Waals surface area contributed by atoms with Crippen LogP contribution in [0.3, 0.4) is 0 Å². The number of piperidine rings is 1. The number of benzene rings is 1. The summed E-state index contributed by atoms with van der Waals surface area (Å²) in [6, 6.07) is 5.08. The second kappa shape index (κ2) is 6.43. The van der Waals surface area contributed by atoms with Gasteiger partial charge in [0.15, 0.2) is 0 Å². The van der Waals surface area contributed by atoms with Crippen LogP contribution in [-0.4, -0.2) is 32.7 Å². The number of hydrogen-bond donors (Lipinski definition) is 3. The zero-order valence-corrected chi connectivity index (χ0v) is 11.2. The first kappa shape index (κ1) is 13.7. The lowest BCUT2D eigenvalue weighted by atomic mass is 9.99. The number of nitrogens with two attached hydrogens (primary N) is 1. The number of hydrogen-bond acceptors (Lipinski definition) is 4. The van der Waals surface area contributed by atoms with Gasteiger partial charge in [0, 0.05) is 12.1 Å². The minimum Gasteiger partial charge on any atom is -0.495 e. The van der Waals surface area contributed by atoms with Crippen LogP contribution in [0.15, 0.2) is 18.2 Å². The molecule has 1 aromatic rings. The molecule has 4 N–H and O–H groups in total. The molecule has 0 bridgehead atoms. The van der Waals surface area contributed by atoms with Crippen molar-refractivity contribution in [3.8, 4) is 5.75 Å². The highest BCUT2D eigenvalue weighted by Crippen LogP contribution is 2.22. The van der Waals surface area contributed by atoms with Gasteiger partial charge < -0.3 is 21.1 Å². The molecule has 1 aliphatic heterocycles. The van der Waals surface area contributed by atoms with Gasteiger partial charge in [0.1, 0.15) is 5.75 Å². The van der Waals surface area contributed by atoms with Crippen LogP contribution in [0.2, 0.25) is 0 Å². The van der Waals surface area contributed by atoms with E-state index in [9.17, 15) is 4.79 Å². The lowest BCUT2D eigenvalue weighted by Crippen LogP contribution is -2.38. The molecule has 0 aliphatic carbocycles. The Morgan fingerprint density at radius 1 is 1.58 bits per heavy atom. The van der Waals surface area contributed by atoms with E-state index in [2.05, 4.69) is 10.6 Å². The molecule has 1 saturated heterocycles. The molecule has 0 radical (unpaired) electrons. The molecule has 0 aromatic heterocycles. The van der Waals surface area contributed by atoms with E-state index in [1.165, 1.54) is 12.8 Å². The van der Waals surface area contributed by atoms with Crippen molar-refractivity contribution < 1.29 is 9.53 Å². The number of amides is 1. The Morgan fingerprint density at radius 2 is 2.42 bits per heavy atom. The predicted octanol–water partition coefficient (Wildman–Crippen LogP) is 1.01. The highest BCUT2D eigenvalue weighted by molar-refractivity contribution is 5.95. The Labute approximate surface area is 113 Å². The molecule has 104 valence electrons.